The van der Waals surface area contributed by atoms with Crippen molar-refractivity contribution in [3.05, 3.63) is 30.3 Å². The zero-order valence-corrected chi connectivity index (χ0v) is 8.62. The molecular weight excluding hydrogens is 224 g/mol. The van der Waals surface area contributed by atoms with Crippen LogP contribution in [0.4, 0.5) is 0 Å². The molecule has 0 saturated heterocycles. The molecule has 0 aliphatic carbocycles. The highest BCUT2D eigenvalue weighted by Crippen LogP contribution is 2.44. The van der Waals surface area contributed by atoms with Crippen LogP contribution in [0.15, 0.2) is 30.3 Å². The van der Waals surface area contributed by atoms with E-state index in [1.807, 2.05) is 0 Å². The molecule has 2 aromatic carbocycles. The molecule has 0 heterocycles. The van der Waals surface area contributed by atoms with E-state index >= 15 is 0 Å². The molecule has 0 unspecified atom stereocenters. The van der Waals surface area contributed by atoms with Gasteiger partial charge in [0, 0.05) is 17.2 Å². The Morgan fingerprint density at radius 2 is 1.24 bits per heavy atom. The van der Waals surface area contributed by atoms with Crippen LogP contribution in [0.3, 0.4) is 0 Å². The number of phenols is 5. The Hall–Kier alpha value is -2.56. The summed E-state index contributed by atoms with van der Waals surface area (Å²) in [5, 5.41) is 46.9. The maximum Gasteiger partial charge on any atom is 0.200 e. The van der Waals surface area contributed by atoms with E-state index in [1.54, 1.807) is 0 Å². The smallest absolute Gasteiger partial charge is 0.200 e. The molecular formula is C12H10O5. The van der Waals surface area contributed by atoms with Gasteiger partial charge >= 0.3 is 0 Å². The van der Waals surface area contributed by atoms with Crippen LogP contribution in [0.1, 0.15) is 0 Å². The van der Waals surface area contributed by atoms with Crippen LogP contribution < -0.4 is 0 Å². The van der Waals surface area contributed by atoms with Gasteiger partial charge in [-0.1, -0.05) is 0 Å². The molecule has 88 valence electrons. The van der Waals surface area contributed by atoms with E-state index in [2.05, 4.69) is 0 Å². The molecule has 0 atom stereocenters. The molecule has 0 saturated carbocycles. The van der Waals surface area contributed by atoms with E-state index in [1.165, 1.54) is 24.3 Å². The van der Waals surface area contributed by atoms with E-state index in [9.17, 15) is 20.4 Å². The topological polar surface area (TPSA) is 101 Å². The highest BCUT2D eigenvalue weighted by Gasteiger charge is 2.15. The fraction of sp³-hybridized carbons (Fsp3) is 0. The maximum atomic E-state index is 9.64. The number of hydrogen-bond donors (Lipinski definition) is 5. The largest absolute Gasteiger partial charge is 0.508 e. The molecule has 0 bridgehead atoms. The monoisotopic (exact) mass is 234 g/mol. The van der Waals surface area contributed by atoms with Crippen LogP contribution in [-0.4, -0.2) is 25.5 Å². The van der Waals surface area contributed by atoms with E-state index in [4.69, 9.17) is 5.11 Å². The normalized spacial score (nSPS) is 10.4. The number of hydrogen-bond acceptors (Lipinski definition) is 5. The molecule has 17 heavy (non-hydrogen) atoms. The first-order chi connectivity index (χ1) is 8.00. The third kappa shape index (κ3) is 1.78. The number of aromatic hydroxyl groups is 5. The van der Waals surface area contributed by atoms with Crippen molar-refractivity contribution in [2.24, 2.45) is 0 Å². The SMILES string of the molecule is Oc1ccc(-c2ccc(O)c(O)c2O)c(O)c1. The molecule has 5 heteroatoms. The van der Waals surface area contributed by atoms with Crippen LogP contribution in [0.25, 0.3) is 11.1 Å². The van der Waals surface area contributed by atoms with Gasteiger partial charge < -0.3 is 25.5 Å². The third-order valence-electron chi connectivity index (χ3n) is 2.40. The summed E-state index contributed by atoms with van der Waals surface area (Å²) in [7, 11) is 0. The summed E-state index contributed by atoms with van der Waals surface area (Å²) < 4.78 is 0. The Balaban J connectivity index is 2.65. The Morgan fingerprint density at radius 3 is 1.88 bits per heavy atom. The first-order valence-electron chi connectivity index (χ1n) is 4.77. The third-order valence-corrected chi connectivity index (χ3v) is 2.40. The molecule has 0 aliphatic rings. The van der Waals surface area contributed by atoms with Crippen LogP contribution in [0.2, 0.25) is 0 Å². The molecule has 5 nitrogen and oxygen atoms in total. The lowest BCUT2D eigenvalue weighted by Gasteiger charge is -2.09. The van der Waals surface area contributed by atoms with Gasteiger partial charge in [0.15, 0.2) is 11.5 Å². The van der Waals surface area contributed by atoms with Gasteiger partial charge in [-0.25, -0.2) is 0 Å². The quantitative estimate of drug-likeness (QED) is 0.485. The van der Waals surface area contributed by atoms with E-state index in [-0.39, 0.29) is 22.6 Å². The van der Waals surface area contributed by atoms with Gasteiger partial charge in [0.2, 0.25) is 5.75 Å². The lowest BCUT2D eigenvalue weighted by Crippen LogP contribution is -1.82. The Kier molecular flexibility index (Phi) is 2.44. The molecule has 5 N–H and O–H groups in total. The molecule has 2 rings (SSSR count). The highest BCUT2D eigenvalue weighted by molar-refractivity contribution is 5.79. The maximum absolute atomic E-state index is 9.64. The van der Waals surface area contributed by atoms with Gasteiger partial charge in [-0.05, 0) is 24.3 Å². The average Bonchev–Trinajstić information content (AvgIpc) is 2.28. The zero-order valence-electron chi connectivity index (χ0n) is 8.62. The van der Waals surface area contributed by atoms with Crippen molar-refractivity contribution >= 4 is 0 Å². The van der Waals surface area contributed by atoms with Gasteiger partial charge in [-0.15, -0.1) is 0 Å². The van der Waals surface area contributed by atoms with E-state index in [0.717, 1.165) is 6.07 Å². The second kappa shape index (κ2) is 3.79. The molecule has 0 aliphatic heterocycles. The lowest BCUT2D eigenvalue weighted by atomic mass is 10.0. The fourth-order valence-corrected chi connectivity index (χ4v) is 1.53. The van der Waals surface area contributed by atoms with Crippen molar-refractivity contribution in [1.82, 2.24) is 0 Å². The van der Waals surface area contributed by atoms with Crippen LogP contribution >= 0.6 is 0 Å². The molecule has 2 aromatic rings. The predicted octanol–water partition coefficient (Wildman–Crippen LogP) is 1.88. The summed E-state index contributed by atoms with van der Waals surface area (Å²) in [6.45, 7) is 0. The predicted molar refractivity (Wildman–Crippen MR) is 60.2 cm³/mol. The first kappa shape index (κ1) is 10.9. The minimum absolute atomic E-state index is 0.117. The molecule has 0 radical (unpaired) electrons. The standard InChI is InChI=1S/C12H10O5/c13-6-1-2-7(10(15)5-6)8-3-4-9(14)12(17)11(8)16/h1-5,13-17H. The summed E-state index contributed by atoms with van der Waals surface area (Å²) >= 11 is 0. The first-order valence-corrected chi connectivity index (χ1v) is 4.77. The van der Waals surface area contributed by atoms with Crippen molar-refractivity contribution < 1.29 is 25.5 Å². The minimum atomic E-state index is -0.657. The number of benzene rings is 2. The number of rotatable bonds is 1. The summed E-state index contributed by atoms with van der Waals surface area (Å²) in [6, 6.07) is 6.36. The lowest BCUT2D eigenvalue weighted by molar-refractivity contribution is 0.368. The fourth-order valence-electron chi connectivity index (χ4n) is 1.53. The molecule has 0 amide bonds. The second-order valence-corrected chi connectivity index (χ2v) is 3.53. The Bertz CT molecular complexity index is 577. The highest BCUT2D eigenvalue weighted by atomic mass is 16.3. The van der Waals surface area contributed by atoms with Crippen LogP contribution in [-0.2, 0) is 0 Å². The van der Waals surface area contributed by atoms with Crippen LogP contribution in [0, 0.1) is 0 Å². The molecule has 0 aromatic heterocycles. The Morgan fingerprint density at radius 1 is 0.588 bits per heavy atom. The summed E-state index contributed by atoms with van der Waals surface area (Å²) in [4.78, 5) is 0. The van der Waals surface area contributed by atoms with Gasteiger partial charge in [0.1, 0.15) is 11.5 Å². The summed E-state index contributed by atoms with van der Waals surface area (Å²) in [5.74, 6) is -2.01. The summed E-state index contributed by atoms with van der Waals surface area (Å²) in [5.41, 5.74) is 0.383. The molecule has 0 fully saturated rings. The van der Waals surface area contributed by atoms with E-state index < -0.39 is 17.2 Å². The van der Waals surface area contributed by atoms with Crippen molar-refractivity contribution in [3.63, 3.8) is 0 Å². The Labute approximate surface area is 96.5 Å². The average molecular weight is 234 g/mol. The van der Waals surface area contributed by atoms with Gasteiger partial charge in [-0.2, -0.15) is 0 Å². The zero-order chi connectivity index (χ0) is 12.6. The van der Waals surface area contributed by atoms with Crippen LogP contribution in [0.5, 0.6) is 28.7 Å². The van der Waals surface area contributed by atoms with Crippen molar-refractivity contribution in [3.8, 4) is 39.9 Å². The minimum Gasteiger partial charge on any atom is -0.508 e. The van der Waals surface area contributed by atoms with Crippen molar-refractivity contribution in [1.29, 1.82) is 0 Å². The van der Waals surface area contributed by atoms with Crippen molar-refractivity contribution in [2.75, 3.05) is 0 Å². The summed E-state index contributed by atoms with van der Waals surface area (Å²) in [6.07, 6.45) is 0. The number of phenolic OH excluding ortho intramolecular Hbond substituents is 5. The van der Waals surface area contributed by atoms with E-state index in [0.29, 0.717) is 0 Å². The van der Waals surface area contributed by atoms with Gasteiger partial charge in [0.25, 0.3) is 0 Å². The molecule has 0 spiro atoms. The van der Waals surface area contributed by atoms with Gasteiger partial charge in [0.05, 0.1) is 0 Å². The second-order valence-electron chi connectivity index (χ2n) is 3.53. The van der Waals surface area contributed by atoms with Crippen molar-refractivity contribution in [2.45, 2.75) is 0 Å². The van der Waals surface area contributed by atoms with Gasteiger partial charge in [-0.3, -0.25) is 0 Å².